The maximum Gasteiger partial charge on any atom is 0.264 e. The largest absolute Gasteiger partial charge is 0.369 e. The number of benzene rings is 1. The second-order valence-electron chi connectivity index (χ2n) is 7.23. The Labute approximate surface area is 146 Å². The third-order valence-corrected chi connectivity index (χ3v) is 4.78. The van der Waals surface area contributed by atoms with Crippen molar-refractivity contribution in [2.24, 2.45) is 0 Å². The van der Waals surface area contributed by atoms with E-state index in [0.29, 0.717) is 10.0 Å². The van der Waals surface area contributed by atoms with E-state index < -0.39 is 0 Å². The van der Waals surface area contributed by atoms with Crippen molar-refractivity contribution in [2.45, 2.75) is 45.1 Å². The number of aromatic amines is 2. The molecule has 0 aliphatic carbocycles. The Morgan fingerprint density at radius 3 is 2.04 bits per heavy atom. The molecule has 0 atom stereocenters. The van der Waals surface area contributed by atoms with Gasteiger partial charge in [0.15, 0.2) is 0 Å². The summed E-state index contributed by atoms with van der Waals surface area (Å²) in [5.41, 5.74) is 1.38. The van der Waals surface area contributed by atoms with Crippen LogP contribution in [0, 0.1) is 0 Å². The van der Waals surface area contributed by atoms with E-state index >= 15 is 0 Å². The SMILES string of the molecule is CN(c1cc(Cl)cc(Cl)c1)C(C)(C)CC(C)(C)c1cc(=O)[nH][nH]1. The molecule has 6 heteroatoms. The summed E-state index contributed by atoms with van der Waals surface area (Å²) in [5.74, 6) is 0. The Balaban J connectivity index is 2.28. The molecule has 2 N–H and O–H groups in total. The minimum atomic E-state index is -0.195. The summed E-state index contributed by atoms with van der Waals surface area (Å²) in [6.45, 7) is 8.56. The van der Waals surface area contributed by atoms with Gasteiger partial charge in [-0.05, 0) is 38.5 Å². The van der Waals surface area contributed by atoms with Crippen LogP contribution < -0.4 is 10.5 Å². The van der Waals surface area contributed by atoms with Crippen molar-refractivity contribution < 1.29 is 0 Å². The van der Waals surface area contributed by atoms with E-state index in [0.717, 1.165) is 17.8 Å². The summed E-state index contributed by atoms with van der Waals surface area (Å²) in [5, 5.41) is 6.80. The maximum absolute atomic E-state index is 11.4. The van der Waals surface area contributed by atoms with Crippen molar-refractivity contribution >= 4 is 28.9 Å². The summed E-state index contributed by atoms with van der Waals surface area (Å²) in [6.07, 6.45) is 0.828. The van der Waals surface area contributed by atoms with Gasteiger partial charge in [-0.25, -0.2) is 0 Å². The van der Waals surface area contributed by atoms with Gasteiger partial charge >= 0.3 is 0 Å². The predicted octanol–water partition coefficient (Wildman–Crippen LogP) is 4.59. The van der Waals surface area contributed by atoms with Crippen LogP contribution in [0.15, 0.2) is 29.1 Å². The Morgan fingerprint density at radius 2 is 1.57 bits per heavy atom. The summed E-state index contributed by atoms with van der Waals surface area (Å²) in [6, 6.07) is 7.15. The summed E-state index contributed by atoms with van der Waals surface area (Å²) in [4.78, 5) is 13.6. The molecule has 0 radical (unpaired) electrons. The quantitative estimate of drug-likeness (QED) is 0.823. The zero-order chi connectivity index (χ0) is 17.4. The van der Waals surface area contributed by atoms with Crippen LogP contribution in [-0.2, 0) is 5.41 Å². The van der Waals surface area contributed by atoms with Crippen LogP contribution in [0.25, 0.3) is 0 Å². The highest BCUT2D eigenvalue weighted by atomic mass is 35.5. The Bertz CT molecular complexity index is 726. The topological polar surface area (TPSA) is 51.9 Å². The van der Waals surface area contributed by atoms with Gasteiger partial charge in [0, 0.05) is 45.5 Å². The molecule has 0 unspecified atom stereocenters. The molecule has 126 valence electrons. The molecule has 0 saturated carbocycles. The highest BCUT2D eigenvalue weighted by Crippen LogP contribution is 2.36. The van der Waals surface area contributed by atoms with E-state index in [9.17, 15) is 4.79 Å². The highest BCUT2D eigenvalue weighted by Gasteiger charge is 2.34. The van der Waals surface area contributed by atoms with Gasteiger partial charge in [-0.2, -0.15) is 0 Å². The second kappa shape index (κ2) is 6.25. The van der Waals surface area contributed by atoms with Gasteiger partial charge in [0.05, 0.1) is 0 Å². The summed E-state index contributed by atoms with van der Waals surface area (Å²) < 4.78 is 0. The number of rotatable bonds is 5. The van der Waals surface area contributed by atoms with Crippen molar-refractivity contribution in [1.82, 2.24) is 10.2 Å². The lowest BCUT2D eigenvalue weighted by Gasteiger charge is -2.42. The zero-order valence-corrected chi connectivity index (χ0v) is 15.6. The number of nitrogens with one attached hydrogen (secondary N) is 2. The van der Waals surface area contributed by atoms with Crippen LogP contribution in [0.1, 0.15) is 39.8 Å². The Morgan fingerprint density at radius 1 is 1.00 bits per heavy atom. The molecule has 2 rings (SSSR count). The molecule has 0 amide bonds. The zero-order valence-electron chi connectivity index (χ0n) is 14.1. The van der Waals surface area contributed by atoms with E-state index in [1.807, 2.05) is 19.2 Å². The predicted molar refractivity (Wildman–Crippen MR) is 98.0 cm³/mol. The van der Waals surface area contributed by atoms with Crippen molar-refractivity contribution in [1.29, 1.82) is 0 Å². The van der Waals surface area contributed by atoms with Gasteiger partial charge < -0.3 is 10.00 Å². The van der Waals surface area contributed by atoms with E-state index in [2.05, 4.69) is 42.8 Å². The monoisotopic (exact) mass is 355 g/mol. The third kappa shape index (κ3) is 4.12. The molecule has 1 aromatic carbocycles. The standard InChI is InChI=1S/C17H23Cl2N3O/c1-16(2,14-9-15(23)21-20-14)10-17(3,4)22(5)13-7-11(18)6-12(19)8-13/h6-9H,10H2,1-5H3,(H2,20,21,23). The molecule has 0 aliphatic heterocycles. The van der Waals surface area contributed by atoms with Crippen LogP contribution in [0.5, 0.6) is 0 Å². The maximum atomic E-state index is 11.4. The Kier molecular flexibility index (Phi) is 4.88. The van der Waals surface area contributed by atoms with Crippen LogP contribution in [0.3, 0.4) is 0 Å². The fraction of sp³-hybridized carbons (Fsp3) is 0.471. The number of anilines is 1. The minimum Gasteiger partial charge on any atom is -0.369 e. The molecule has 0 spiro atoms. The van der Waals surface area contributed by atoms with Gasteiger partial charge in [-0.15, -0.1) is 0 Å². The lowest BCUT2D eigenvalue weighted by Crippen LogP contribution is -2.45. The van der Waals surface area contributed by atoms with E-state index in [-0.39, 0.29) is 16.5 Å². The second-order valence-corrected chi connectivity index (χ2v) is 8.10. The number of aromatic nitrogens is 2. The number of hydrogen-bond donors (Lipinski definition) is 2. The Hall–Kier alpha value is -1.39. The molecule has 0 fully saturated rings. The molecule has 23 heavy (non-hydrogen) atoms. The fourth-order valence-electron chi connectivity index (χ4n) is 3.07. The van der Waals surface area contributed by atoms with Crippen LogP contribution >= 0.6 is 23.2 Å². The smallest absolute Gasteiger partial charge is 0.264 e. The van der Waals surface area contributed by atoms with Crippen LogP contribution in [0.4, 0.5) is 5.69 Å². The van der Waals surface area contributed by atoms with Gasteiger partial charge in [0.2, 0.25) is 0 Å². The molecule has 1 heterocycles. The minimum absolute atomic E-state index is 0.110. The summed E-state index contributed by atoms with van der Waals surface area (Å²) in [7, 11) is 2.03. The van der Waals surface area contributed by atoms with Gasteiger partial charge in [0.25, 0.3) is 5.56 Å². The third-order valence-electron chi connectivity index (χ3n) is 4.34. The average molecular weight is 356 g/mol. The lowest BCUT2D eigenvalue weighted by atomic mass is 9.77. The first-order valence-electron chi connectivity index (χ1n) is 7.49. The van der Waals surface area contributed by atoms with Crippen LogP contribution in [0.2, 0.25) is 10.0 Å². The molecule has 0 saturated heterocycles. The molecule has 0 aliphatic rings. The number of hydrogen-bond acceptors (Lipinski definition) is 2. The van der Waals surface area contributed by atoms with Crippen molar-refractivity contribution in [3.05, 3.63) is 50.4 Å². The van der Waals surface area contributed by atoms with E-state index in [1.165, 1.54) is 0 Å². The first-order valence-corrected chi connectivity index (χ1v) is 8.25. The van der Waals surface area contributed by atoms with Crippen LogP contribution in [-0.4, -0.2) is 22.8 Å². The van der Waals surface area contributed by atoms with Crippen molar-refractivity contribution in [2.75, 3.05) is 11.9 Å². The molecular formula is C17H23Cl2N3O. The first-order chi connectivity index (χ1) is 10.5. The first kappa shape index (κ1) is 18.0. The van der Waals surface area contributed by atoms with E-state index in [4.69, 9.17) is 23.2 Å². The van der Waals surface area contributed by atoms with E-state index in [1.54, 1.807) is 12.1 Å². The average Bonchev–Trinajstić information content (AvgIpc) is 2.83. The fourth-order valence-corrected chi connectivity index (χ4v) is 3.59. The highest BCUT2D eigenvalue weighted by molar-refractivity contribution is 6.35. The molecular weight excluding hydrogens is 333 g/mol. The molecule has 4 nitrogen and oxygen atoms in total. The summed E-state index contributed by atoms with van der Waals surface area (Å²) >= 11 is 12.2. The number of nitrogens with zero attached hydrogens (tertiary/aromatic N) is 1. The van der Waals surface area contributed by atoms with Crippen molar-refractivity contribution in [3.63, 3.8) is 0 Å². The molecule has 0 bridgehead atoms. The molecule has 2 aromatic rings. The lowest BCUT2D eigenvalue weighted by molar-refractivity contribution is 0.332. The molecule has 1 aromatic heterocycles. The normalized spacial score (nSPS) is 12.5. The van der Waals surface area contributed by atoms with Gasteiger partial charge in [-0.1, -0.05) is 37.0 Å². The van der Waals surface area contributed by atoms with Crippen molar-refractivity contribution in [3.8, 4) is 0 Å². The number of halogens is 2. The number of H-pyrrole nitrogens is 2. The van der Waals surface area contributed by atoms with Gasteiger partial charge in [-0.3, -0.25) is 9.89 Å². The van der Waals surface area contributed by atoms with Gasteiger partial charge in [0.1, 0.15) is 0 Å².